The average molecular weight is 679 g/mol. The standard InChI is InChI=1S/C36H44F2N6O5/c1-19-16-23(17-20(2)29(19)37)44-32(28-21(3)42(15-14-26(28)40-44)33(46)48-35(5,6)7)43(34(47)49-36(8,9)10)22(4)31(45)24-12-13-27-25(30(24)38)18-39-41(27)11/h12-13,16-18,21-22H,14-15H2,1-11H3/t21-,22?/m0/s1. The number of hydrogen-bond acceptors (Lipinski definition) is 7. The van der Waals surface area contributed by atoms with E-state index in [1.54, 1.807) is 92.5 Å². The van der Waals surface area contributed by atoms with Crippen molar-refractivity contribution < 1.29 is 32.6 Å². The summed E-state index contributed by atoms with van der Waals surface area (Å²) in [6.45, 7) is 17.2. The Kier molecular flexibility index (Phi) is 9.11. The molecule has 2 aromatic carbocycles. The number of ether oxygens (including phenoxy) is 2. The molecule has 13 heteroatoms. The van der Waals surface area contributed by atoms with Crippen LogP contribution in [0, 0.1) is 25.5 Å². The van der Waals surface area contributed by atoms with Crippen molar-refractivity contribution in [2.45, 2.75) is 98.9 Å². The molecule has 0 radical (unpaired) electrons. The van der Waals surface area contributed by atoms with Gasteiger partial charge in [0.15, 0.2) is 5.78 Å². The third kappa shape index (κ3) is 6.75. The number of nitrogens with zero attached hydrogens (tertiary/aromatic N) is 6. The molecular formula is C36H44F2N6O5. The highest BCUT2D eigenvalue weighted by Crippen LogP contribution is 2.41. The maximum atomic E-state index is 15.9. The van der Waals surface area contributed by atoms with Crippen LogP contribution in [-0.2, 0) is 22.9 Å². The Balaban J connectivity index is 1.75. The zero-order valence-electron chi connectivity index (χ0n) is 29.9. The molecule has 0 aliphatic carbocycles. The molecule has 49 heavy (non-hydrogen) atoms. The molecule has 1 aliphatic heterocycles. The Bertz CT molecular complexity index is 1950. The molecule has 1 unspecified atom stereocenters. The minimum absolute atomic E-state index is 0.138. The van der Waals surface area contributed by atoms with Crippen LogP contribution in [-0.4, -0.2) is 66.2 Å². The molecule has 11 nitrogen and oxygen atoms in total. The van der Waals surface area contributed by atoms with Gasteiger partial charge in [0.25, 0.3) is 0 Å². The lowest BCUT2D eigenvalue weighted by atomic mass is 9.97. The summed E-state index contributed by atoms with van der Waals surface area (Å²) in [6.07, 6.45) is 0.194. The van der Waals surface area contributed by atoms with Crippen molar-refractivity contribution in [3.8, 4) is 5.69 Å². The molecule has 5 rings (SSSR count). The third-order valence-electron chi connectivity index (χ3n) is 8.46. The molecule has 0 spiro atoms. The van der Waals surface area contributed by atoms with Gasteiger partial charge in [-0.25, -0.2) is 23.1 Å². The van der Waals surface area contributed by atoms with E-state index in [2.05, 4.69) is 5.10 Å². The molecule has 0 N–H and O–H groups in total. The lowest BCUT2D eigenvalue weighted by Gasteiger charge is -2.37. The van der Waals surface area contributed by atoms with Gasteiger partial charge in [0.2, 0.25) is 0 Å². The topological polar surface area (TPSA) is 112 Å². The number of carbonyl (C=O) groups is 3. The lowest BCUT2D eigenvalue weighted by molar-refractivity contribution is 0.0159. The molecule has 0 saturated heterocycles. The quantitative estimate of drug-likeness (QED) is 0.201. The number of Topliss-reactive ketones (excluding diaryl/α,β-unsaturated/α-hetero) is 1. The first-order valence-electron chi connectivity index (χ1n) is 16.2. The van der Waals surface area contributed by atoms with Crippen LogP contribution in [0.2, 0.25) is 0 Å². The second-order valence-electron chi connectivity index (χ2n) is 14.6. The molecular weight excluding hydrogens is 634 g/mol. The summed E-state index contributed by atoms with van der Waals surface area (Å²) in [5.74, 6) is -1.72. The van der Waals surface area contributed by atoms with Crippen LogP contribution in [0.5, 0.6) is 0 Å². The number of fused-ring (bicyclic) bond motifs is 2. The second kappa shape index (κ2) is 12.6. The fraction of sp³-hybridized carbons (Fsp3) is 0.472. The summed E-state index contributed by atoms with van der Waals surface area (Å²) < 4.78 is 45.4. The van der Waals surface area contributed by atoms with E-state index in [4.69, 9.17) is 14.6 Å². The summed E-state index contributed by atoms with van der Waals surface area (Å²) >= 11 is 0. The van der Waals surface area contributed by atoms with Crippen LogP contribution < -0.4 is 4.90 Å². The number of rotatable bonds is 5. The van der Waals surface area contributed by atoms with E-state index in [1.807, 2.05) is 0 Å². The summed E-state index contributed by atoms with van der Waals surface area (Å²) in [4.78, 5) is 44.8. The van der Waals surface area contributed by atoms with E-state index < -0.39 is 47.1 Å². The number of aromatic nitrogens is 4. The molecule has 262 valence electrons. The normalized spacial score (nSPS) is 15.6. The Hall–Kier alpha value is -4.81. The molecule has 2 amide bonds. The van der Waals surface area contributed by atoms with Crippen molar-refractivity contribution in [3.05, 3.63) is 70.0 Å². The first kappa shape index (κ1) is 35.5. The van der Waals surface area contributed by atoms with E-state index >= 15 is 4.39 Å². The lowest BCUT2D eigenvalue weighted by Crippen LogP contribution is -2.48. The van der Waals surface area contributed by atoms with Gasteiger partial charge in [-0.2, -0.15) is 10.2 Å². The zero-order chi connectivity index (χ0) is 36.3. The predicted molar refractivity (Wildman–Crippen MR) is 181 cm³/mol. The number of halogens is 2. The SMILES string of the molecule is Cc1cc(-n2nc3c(c2N(C(=O)OC(C)(C)C)C(C)C(=O)c2ccc4c(cnn4C)c2F)[C@H](C)N(C(=O)OC(C)(C)C)CC3)cc(C)c1F. The molecule has 0 fully saturated rings. The van der Waals surface area contributed by atoms with Crippen LogP contribution in [0.1, 0.15) is 94.2 Å². The third-order valence-corrected chi connectivity index (χ3v) is 8.46. The smallest absolute Gasteiger partial charge is 0.416 e. The van der Waals surface area contributed by atoms with Crippen molar-refractivity contribution in [3.63, 3.8) is 0 Å². The number of carbonyl (C=O) groups excluding carboxylic acids is 3. The Morgan fingerprint density at radius 3 is 2.18 bits per heavy atom. The Morgan fingerprint density at radius 1 is 0.980 bits per heavy atom. The van der Waals surface area contributed by atoms with Gasteiger partial charge in [-0.05, 0) is 105 Å². The maximum absolute atomic E-state index is 15.9. The molecule has 2 atom stereocenters. The van der Waals surface area contributed by atoms with Gasteiger partial charge in [-0.1, -0.05) is 0 Å². The number of benzene rings is 2. The predicted octanol–water partition coefficient (Wildman–Crippen LogP) is 7.52. The van der Waals surface area contributed by atoms with Crippen LogP contribution in [0.4, 0.5) is 24.2 Å². The van der Waals surface area contributed by atoms with E-state index in [1.165, 1.54) is 28.6 Å². The first-order chi connectivity index (χ1) is 22.7. The summed E-state index contributed by atoms with van der Waals surface area (Å²) in [6, 6.07) is 4.15. The summed E-state index contributed by atoms with van der Waals surface area (Å²) in [5, 5.41) is 9.17. The molecule has 2 aromatic heterocycles. The van der Waals surface area contributed by atoms with Crippen LogP contribution in [0.25, 0.3) is 16.6 Å². The fourth-order valence-electron chi connectivity index (χ4n) is 6.15. The van der Waals surface area contributed by atoms with E-state index in [9.17, 15) is 18.8 Å². The Labute approximate surface area is 284 Å². The minimum Gasteiger partial charge on any atom is -0.444 e. The van der Waals surface area contributed by atoms with Gasteiger partial charge in [0.1, 0.15) is 34.7 Å². The molecule has 4 aromatic rings. The monoisotopic (exact) mass is 678 g/mol. The van der Waals surface area contributed by atoms with Gasteiger partial charge >= 0.3 is 12.2 Å². The molecule has 0 bridgehead atoms. The van der Waals surface area contributed by atoms with Gasteiger partial charge in [-0.15, -0.1) is 0 Å². The maximum Gasteiger partial charge on any atom is 0.416 e. The van der Waals surface area contributed by atoms with Crippen molar-refractivity contribution >= 4 is 34.7 Å². The van der Waals surface area contributed by atoms with Crippen LogP contribution >= 0.6 is 0 Å². The Morgan fingerprint density at radius 2 is 1.59 bits per heavy atom. The summed E-state index contributed by atoms with van der Waals surface area (Å²) in [5.41, 5.74) is 0.664. The minimum atomic E-state index is -1.33. The van der Waals surface area contributed by atoms with Gasteiger partial charge < -0.3 is 14.4 Å². The van der Waals surface area contributed by atoms with Gasteiger partial charge in [0, 0.05) is 25.6 Å². The highest BCUT2D eigenvalue weighted by atomic mass is 19.1. The van der Waals surface area contributed by atoms with Crippen molar-refractivity contribution in [1.29, 1.82) is 0 Å². The van der Waals surface area contributed by atoms with Gasteiger partial charge in [0.05, 0.1) is 40.1 Å². The first-order valence-corrected chi connectivity index (χ1v) is 16.2. The highest BCUT2D eigenvalue weighted by molar-refractivity contribution is 6.08. The van der Waals surface area contributed by atoms with Gasteiger partial charge in [-0.3, -0.25) is 14.4 Å². The van der Waals surface area contributed by atoms with Crippen molar-refractivity contribution in [2.75, 3.05) is 11.4 Å². The van der Waals surface area contributed by atoms with Crippen molar-refractivity contribution in [2.24, 2.45) is 7.05 Å². The largest absolute Gasteiger partial charge is 0.444 e. The van der Waals surface area contributed by atoms with E-state index in [0.29, 0.717) is 40.0 Å². The highest BCUT2D eigenvalue weighted by Gasteiger charge is 2.43. The average Bonchev–Trinajstić information content (AvgIpc) is 3.55. The number of hydrogen-bond donors (Lipinski definition) is 0. The molecule has 1 aliphatic rings. The number of anilines is 1. The number of amides is 2. The second-order valence-corrected chi connectivity index (χ2v) is 14.6. The number of aryl methyl sites for hydroxylation is 3. The van der Waals surface area contributed by atoms with E-state index in [0.717, 1.165) is 4.90 Å². The van der Waals surface area contributed by atoms with E-state index in [-0.39, 0.29) is 29.1 Å². The zero-order valence-corrected chi connectivity index (χ0v) is 29.9. The fourth-order valence-corrected chi connectivity index (χ4v) is 6.15. The number of ketones is 1. The summed E-state index contributed by atoms with van der Waals surface area (Å²) in [7, 11) is 1.67. The molecule has 0 saturated carbocycles. The van der Waals surface area contributed by atoms with Crippen LogP contribution in [0.3, 0.4) is 0 Å². The van der Waals surface area contributed by atoms with Crippen molar-refractivity contribution in [1.82, 2.24) is 24.5 Å². The van der Waals surface area contributed by atoms with Crippen LogP contribution in [0.15, 0.2) is 30.5 Å². The molecule has 3 heterocycles.